The smallest absolute Gasteiger partial charge is 0.301 e. The van der Waals surface area contributed by atoms with E-state index < -0.39 is 29.3 Å². The average molecular weight is 505 g/mol. The number of aliphatic hydroxyl groups excluding tert-OH is 1. The maximum atomic E-state index is 13.5. The number of hydrogen-bond donors (Lipinski definition) is 1. The molecule has 4 aromatic rings. The number of aliphatic hydroxyl groups is 1. The summed E-state index contributed by atoms with van der Waals surface area (Å²) < 4.78 is 25.3. The molecule has 1 aromatic heterocycles. The molecule has 9 heteroatoms. The minimum absolute atomic E-state index is 0.159. The first-order chi connectivity index (χ1) is 17.3. The number of rotatable bonds is 5. The molecular formula is C27H21FN2O5S. The van der Waals surface area contributed by atoms with E-state index in [0.29, 0.717) is 27.7 Å². The van der Waals surface area contributed by atoms with Crippen LogP contribution in [-0.4, -0.2) is 36.0 Å². The van der Waals surface area contributed by atoms with E-state index >= 15 is 0 Å². The predicted octanol–water partition coefficient (Wildman–Crippen LogP) is 5.39. The number of thiazole rings is 1. The van der Waals surface area contributed by atoms with Gasteiger partial charge in [-0.05, 0) is 67.1 Å². The summed E-state index contributed by atoms with van der Waals surface area (Å²) in [6, 6.07) is 14.7. The Morgan fingerprint density at radius 2 is 1.78 bits per heavy atom. The molecule has 5 rings (SSSR count). The number of methoxy groups -OCH3 is 2. The number of hydrogen-bond acceptors (Lipinski definition) is 7. The Balaban J connectivity index is 1.78. The average Bonchev–Trinajstić information content (AvgIpc) is 3.41. The van der Waals surface area contributed by atoms with E-state index in [-0.39, 0.29) is 11.1 Å². The van der Waals surface area contributed by atoms with Crippen molar-refractivity contribution in [3.05, 3.63) is 88.7 Å². The second-order valence-electron chi connectivity index (χ2n) is 8.25. The van der Waals surface area contributed by atoms with Gasteiger partial charge >= 0.3 is 5.91 Å². The molecule has 0 spiro atoms. The summed E-state index contributed by atoms with van der Waals surface area (Å²) in [6.45, 7) is 1.95. The van der Waals surface area contributed by atoms with E-state index in [1.54, 1.807) is 18.2 Å². The first-order valence-corrected chi connectivity index (χ1v) is 11.8. The first-order valence-electron chi connectivity index (χ1n) is 11.0. The van der Waals surface area contributed by atoms with Crippen LogP contribution in [0.1, 0.15) is 22.7 Å². The van der Waals surface area contributed by atoms with Crippen LogP contribution in [-0.2, 0) is 9.59 Å². The molecule has 2 heterocycles. The van der Waals surface area contributed by atoms with Gasteiger partial charge in [0.1, 0.15) is 29.1 Å². The van der Waals surface area contributed by atoms with Crippen LogP contribution in [0.2, 0.25) is 0 Å². The fourth-order valence-corrected chi connectivity index (χ4v) is 5.35. The Morgan fingerprint density at radius 1 is 1.03 bits per heavy atom. The number of Topliss-reactive ketones (excluding diaryl/α,β-unsaturated/α-hetero) is 1. The first kappa shape index (κ1) is 23.5. The lowest BCUT2D eigenvalue weighted by Crippen LogP contribution is -2.29. The van der Waals surface area contributed by atoms with Crippen LogP contribution in [0.3, 0.4) is 0 Å². The van der Waals surface area contributed by atoms with Crippen molar-refractivity contribution in [1.82, 2.24) is 4.98 Å². The zero-order valence-corrected chi connectivity index (χ0v) is 20.4. The van der Waals surface area contributed by atoms with Crippen molar-refractivity contribution >= 4 is 44.1 Å². The SMILES string of the molecule is COc1ccc(OC)c([C@@H]2C(=C(O)c3ccc(F)cc3)C(=O)C(=O)N2c2nc3ccc(C)cc3s2)c1. The van der Waals surface area contributed by atoms with Crippen LogP contribution in [0, 0.1) is 12.7 Å². The highest BCUT2D eigenvalue weighted by Crippen LogP contribution is 2.47. The number of carbonyl (C=O) groups is 2. The Kier molecular flexibility index (Phi) is 5.93. The Labute approximate surface area is 210 Å². The fraction of sp³-hybridized carbons (Fsp3) is 0.148. The van der Waals surface area contributed by atoms with E-state index in [2.05, 4.69) is 4.98 Å². The van der Waals surface area contributed by atoms with Crippen molar-refractivity contribution in [1.29, 1.82) is 0 Å². The minimum Gasteiger partial charge on any atom is -0.507 e. The monoisotopic (exact) mass is 504 g/mol. The zero-order valence-electron chi connectivity index (χ0n) is 19.6. The third-order valence-corrected chi connectivity index (χ3v) is 7.05. The largest absolute Gasteiger partial charge is 0.507 e. The van der Waals surface area contributed by atoms with E-state index in [9.17, 15) is 19.1 Å². The van der Waals surface area contributed by atoms with Crippen LogP contribution >= 0.6 is 11.3 Å². The van der Waals surface area contributed by atoms with Crippen molar-refractivity contribution < 1.29 is 28.6 Å². The molecule has 1 amide bonds. The number of halogens is 1. The quantitative estimate of drug-likeness (QED) is 0.223. The van der Waals surface area contributed by atoms with Crippen molar-refractivity contribution in [3.8, 4) is 11.5 Å². The number of carbonyl (C=O) groups excluding carboxylic acids is 2. The second-order valence-corrected chi connectivity index (χ2v) is 9.26. The van der Waals surface area contributed by atoms with Crippen molar-refractivity contribution in [3.63, 3.8) is 0 Å². The molecule has 0 saturated carbocycles. The van der Waals surface area contributed by atoms with Gasteiger partial charge in [-0.3, -0.25) is 14.5 Å². The number of anilines is 1. The lowest BCUT2D eigenvalue weighted by atomic mass is 9.94. The molecule has 1 aliphatic rings. The Morgan fingerprint density at radius 3 is 2.47 bits per heavy atom. The van der Waals surface area contributed by atoms with Crippen molar-refractivity contribution in [2.45, 2.75) is 13.0 Å². The summed E-state index contributed by atoms with van der Waals surface area (Å²) in [5.74, 6) is -1.80. The standard InChI is InChI=1S/C27H21FN2O5S/c1-14-4-10-19-21(12-14)36-27(29-19)30-23(18-13-17(34-2)9-11-20(18)35-3)22(25(32)26(30)33)24(31)15-5-7-16(28)8-6-15/h4-13,23,31H,1-3H3/t23-/m1/s1. The van der Waals surface area contributed by atoms with Gasteiger partial charge in [0.05, 0.1) is 30.0 Å². The van der Waals surface area contributed by atoms with Crippen LogP contribution in [0.5, 0.6) is 11.5 Å². The molecule has 36 heavy (non-hydrogen) atoms. The maximum absolute atomic E-state index is 13.5. The van der Waals surface area contributed by atoms with Gasteiger partial charge in [0.15, 0.2) is 5.13 Å². The van der Waals surface area contributed by atoms with Gasteiger partial charge in [0.2, 0.25) is 0 Å². The molecule has 1 aliphatic heterocycles. The number of ether oxygens (including phenoxy) is 2. The Bertz CT molecular complexity index is 1540. The topological polar surface area (TPSA) is 89.0 Å². The number of amides is 1. The lowest BCUT2D eigenvalue weighted by Gasteiger charge is -2.25. The summed E-state index contributed by atoms with van der Waals surface area (Å²) in [7, 11) is 2.97. The van der Waals surface area contributed by atoms with Gasteiger partial charge < -0.3 is 14.6 Å². The molecule has 1 N–H and O–H groups in total. The lowest BCUT2D eigenvalue weighted by molar-refractivity contribution is -0.132. The normalized spacial score (nSPS) is 17.1. The molecular weight excluding hydrogens is 483 g/mol. The molecule has 1 saturated heterocycles. The van der Waals surface area contributed by atoms with Gasteiger partial charge in [-0.15, -0.1) is 0 Å². The summed E-state index contributed by atoms with van der Waals surface area (Å²) in [4.78, 5) is 32.7. The number of aryl methyl sites for hydroxylation is 1. The second kappa shape index (κ2) is 9.09. The van der Waals surface area contributed by atoms with Crippen molar-refractivity contribution in [2.75, 3.05) is 19.1 Å². The Hall–Kier alpha value is -4.24. The third-order valence-electron chi connectivity index (χ3n) is 6.03. The molecule has 1 atom stereocenters. The van der Waals surface area contributed by atoms with E-state index in [1.807, 2.05) is 25.1 Å². The summed E-state index contributed by atoms with van der Waals surface area (Å²) in [5.41, 5.74) is 2.17. The molecule has 0 radical (unpaired) electrons. The highest BCUT2D eigenvalue weighted by atomic mass is 32.1. The third kappa shape index (κ3) is 3.87. The number of ketones is 1. The zero-order chi connectivity index (χ0) is 25.6. The van der Waals surface area contributed by atoms with E-state index in [0.717, 1.165) is 10.3 Å². The fourth-order valence-electron chi connectivity index (χ4n) is 4.26. The van der Waals surface area contributed by atoms with Gasteiger partial charge in [-0.1, -0.05) is 17.4 Å². The van der Waals surface area contributed by atoms with Crippen LogP contribution < -0.4 is 14.4 Å². The van der Waals surface area contributed by atoms with Crippen molar-refractivity contribution in [2.24, 2.45) is 0 Å². The number of nitrogens with zero attached hydrogens (tertiary/aromatic N) is 2. The molecule has 3 aromatic carbocycles. The number of benzene rings is 3. The van der Waals surface area contributed by atoms with E-state index in [4.69, 9.17) is 9.47 Å². The minimum atomic E-state index is -1.07. The molecule has 182 valence electrons. The van der Waals surface area contributed by atoms with E-state index in [1.165, 1.54) is 54.7 Å². The molecule has 0 bridgehead atoms. The van der Waals surface area contributed by atoms with Gasteiger partial charge in [0, 0.05) is 11.1 Å². The molecule has 7 nitrogen and oxygen atoms in total. The predicted molar refractivity (Wildman–Crippen MR) is 135 cm³/mol. The molecule has 0 aliphatic carbocycles. The molecule has 0 unspecified atom stereocenters. The van der Waals surface area contributed by atoms with Crippen LogP contribution in [0.4, 0.5) is 9.52 Å². The number of fused-ring (bicyclic) bond motifs is 1. The van der Waals surface area contributed by atoms with Gasteiger partial charge in [-0.2, -0.15) is 0 Å². The summed E-state index contributed by atoms with van der Waals surface area (Å²) >= 11 is 1.26. The van der Waals surface area contributed by atoms with Crippen LogP contribution in [0.15, 0.2) is 66.2 Å². The molecule has 1 fully saturated rings. The van der Waals surface area contributed by atoms with Crippen LogP contribution in [0.25, 0.3) is 16.0 Å². The van der Waals surface area contributed by atoms with Gasteiger partial charge in [0.25, 0.3) is 5.78 Å². The summed E-state index contributed by atoms with van der Waals surface area (Å²) in [6.07, 6.45) is 0. The maximum Gasteiger partial charge on any atom is 0.301 e. The highest BCUT2D eigenvalue weighted by Gasteiger charge is 2.49. The number of aromatic nitrogens is 1. The van der Waals surface area contributed by atoms with Gasteiger partial charge in [-0.25, -0.2) is 9.37 Å². The highest BCUT2D eigenvalue weighted by molar-refractivity contribution is 7.22. The summed E-state index contributed by atoms with van der Waals surface area (Å²) in [5, 5.41) is 11.5.